The molecule has 31 heavy (non-hydrogen) atoms. The quantitative estimate of drug-likeness (QED) is 0.470. The van der Waals surface area contributed by atoms with Gasteiger partial charge in [-0.25, -0.2) is 4.98 Å². The first-order valence-electron chi connectivity index (χ1n) is 9.35. The number of nitriles is 1. The first-order valence-corrected chi connectivity index (χ1v) is 10.5. The molecule has 0 saturated carbocycles. The van der Waals surface area contributed by atoms with E-state index in [0.29, 0.717) is 23.1 Å². The summed E-state index contributed by atoms with van der Waals surface area (Å²) in [6.07, 6.45) is 5.53. The number of ether oxygens (including phenoxy) is 2. The average molecular weight is 454 g/mol. The number of carbonyl (C=O) groups is 1. The first-order chi connectivity index (χ1) is 15.0. The SMILES string of the molecule is COc1cc(/C=C/C(=O)Nc2ncc(Cc3ccc(C)c(Cl)c3)s2)ccc1OCC#N. The molecule has 1 amide bonds. The lowest BCUT2D eigenvalue weighted by Gasteiger charge is -2.08. The summed E-state index contributed by atoms with van der Waals surface area (Å²) in [5.41, 5.74) is 2.89. The molecule has 0 spiro atoms. The lowest BCUT2D eigenvalue weighted by atomic mass is 10.1. The Balaban J connectivity index is 1.60. The van der Waals surface area contributed by atoms with E-state index < -0.39 is 0 Å². The number of anilines is 1. The van der Waals surface area contributed by atoms with E-state index in [9.17, 15) is 4.79 Å². The monoisotopic (exact) mass is 453 g/mol. The second kappa shape index (κ2) is 10.6. The third-order valence-corrected chi connectivity index (χ3v) is 5.63. The number of amides is 1. The zero-order valence-corrected chi connectivity index (χ0v) is 18.6. The largest absolute Gasteiger partial charge is 0.493 e. The molecule has 3 rings (SSSR count). The van der Waals surface area contributed by atoms with Gasteiger partial charge in [-0.05, 0) is 47.9 Å². The average Bonchev–Trinajstić information content (AvgIpc) is 3.20. The van der Waals surface area contributed by atoms with E-state index in [0.717, 1.165) is 26.6 Å². The van der Waals surface area contributed by atoms with Gasteiger partial charge in [0.1, 0.15) is 6.07 Å². The zero-order chi connectivity index (χ0) is 22.2. The van der Waals surface area contributed by atoms with Gasteiger partial charge in [0.2, 0.25) is 5.91 Å². The number of aryl methyl sites for hydroxylation is 1. The Morgan fingerprint density at radius 2 is 2.13 bits per heavy atom. The summed E-state index contributed by atoms with van der Waals surface area (Å²) in [6.45, 7) is 1.90. The van der Waals surface area contributed by atoms with Crippen molar-refractivity contribution in [1.82, 2.24) is 4.98 Å². The minimum atomic E-state index is -0.289. The van der Waals surface area contributed by atoms with Crippen LogP contribution >= 0.6 is 22.9 Å². The van der Waals surface area contributed by atoms with Crippen LogP contribution in [0.5, 0.6) is 11.5 Å². The molecule has 0 bridgehead atoms. The van der Waals surface area contributed by atoms with E-state index in [1.807, 2.05) is 31.2 Å². The molecule has 6 nitrogen and oxygen atoms in total. The number of carbonyl (C=O) groups excluding carboxylic acids is 1. The van der Waals surface area contributed by atoms with Crippen molar-refractivity contribution in [3.63, 3.8) is 0 Å². The molecule has 0 aliphatic rings. The highest BCUT2D eigenvalue weighted by atomic mass is 35.5. The second-order valence-electron chi connectivity index (χ2n) is 6.57. The Bertz CT molecular complexity index is 1150. The Hall–Kier alpha value is -3.34. The summed E-state index contributed by atoms with van der Waals surface area (Å²) in [6, 6.07) is 13.1. The van der Waals surface area contributed by atoms with Crippen molar-refractivity contribution in [3.8, 4) is 17.6 Å². The number of hydrogen-bond acceptors (Lipinski definition) is 6. The van der Waals surface area contributed by atoms with E-state index in [4.69, 9.17) is 26.3 Å². The number of methoxy groups -OCH3 is 1. The van der Waals surface area contributed by atoms with Crippen molar-refractivity contribution in [3.05, 3.63) is 75.3 Å². The highest BCUT2D eigenvalue weighted by Gasteiger charge is 2.08. The maximum Gasteiger partial charge on any atom is 0.250 e. The molecule has 158 valence electrons. The molecule has 3 aromatic rings. The molecule has 1 N–H and O–H groups in total. The molecule has 8 heteroatoms. The van der Waals surface area contributed by atoms with Crippen LogP contribution in [0.3, 0.4) is 0 Å². The van der Waals surface area contributed by atoms with Crippen LogP contribution < -0.4 is 14.8 Å². The first kappa shape index (κ1) is 22.3. The van der Waals surface area contributed by atoms with Crippen LogP contribution in [0, 0.1) is 18.3 Å². The fourth-order valence-electron chi connectivity index (χ4n) is 2.73. The van der Waals surface area contributed by atoms with Gasteiger partial charge in [-0.15, -0.1) is 11.3 Å². The molecule has 0 saturated heterocycles. The fraction of sp³-hybridized carbons (Fsp3) is 0.174. The number of hydrogen-bond donors (Lipinski definition) is 1. The summed E-state index contributed by atoms with van der Waals surface area (Å²) in [4.78, 5) is 17.6. The molecule has 0 unspecified atom stereocenters. The molecule has 2 aromatic carbocycles. The van der Waals surface area contributed by atoms with Crippen LogP contribution in [-0.2, 0) is 11.2 Å². The minimum absolute atomic E-state index is 0.0687. The molecule has 0 radical (unpaired) electrons. The number of rotatable bonds is 8. The molecule has 0 aliphatic heterocycles. The van der Waals surface area contributed by atoms with Gasteiger partial charge in [0.15, 0.2) is 23.2 Å². The Labute approximate surface area is 189 Å². The molecule has 1 heterocycles. The molecular weight excluding hydrogens is 434 g/mol. The minimum Gasteiger partial charge on any atom is -0.493 e. The maximum absolute atomic E-state index is 12.3. The van der Waals surface area contributed by atoms with Gasteiger partial charge in [-0.1, -0.05) is 29.8 Å². The number of thiazole rings is 1. The Kier molecular flexibility index (Phi) is 7.65. The Morgan fingerprint density at radius 1 is 1.29 bits per heavy atom. The standard InChI is InChI=1S/C23H20ClN3O3S/c1-15-3-4-17(12-19(15)24)11-18-14-26-23(31-18)27-22(28)8-6-16-5-7-20(30-10-9-25)21(13-16)29-2/h3-8,12-14H,10-11H2,1-2H3,(H,26,27,28)/b8-6+. The van der Waals surface area contributed by atoms with Gasteiger partial charge in [0, 0.05) is 28.6 Å². The summed E-state index contributed by atoms with van der Waals surface area (Å²) in [7, 11) is 1.51. The van der Waals surface area contributed by atoms with Gasteiger partial charge < -0.3 is 9.47 Å². The van der Waals surface area contributed by atoms with Gasteiger partial charge >= 0.3 is 0 Å². The topological polar surface area (TPSA) is 84.2 Å². The number of nitrogens with one attached hydrogen (secondary N) is 1. The molecule has 0 atom stereocenters. The summed E-state index contributed by atoms with van der Waals surface area (Å²) < 4.78 is 10.6. The van der Waals surface area contributed by atoms with Gasteiger partial charge in [0.25, 0.3) is 0 Å². The van der Waals surface area contributed by atoms with Crippen LogP contribution in [0.25, 0.3) is 6.08 Å². The number of nitrogens with zero attached hydrogens (tertiary/aromatic N) is 2. The van der Waals surface area contributed by atoms with E-state index in [2.05, 4.69) is 10.3 Å². The van der Waals surface area contributed by atoms with E-state index in [1.54, 1.807) is 30.5 Å². The van der Waals surface area contributed by atoms with Crippen molar-refractivity contribution < 1.29 is 14.3 Å². The summed E-state index contributed by atoms with van der Waals surface area (Å²) in [5, 5.41) is 12.7. The van der Waals surface area contributed by atoms with Crippen LogP contribution in [0.1, 0.15) is 21.6 Å². The van der Waals surface area contributed by atoms with Gasteiger partial charge in [0.05, 0.1) is 7.11 Å². The number of benzene rings is 2. The van der Waals surface area contributed by atoms with Crippen LogP contribution in [0.15, 0.2) is 48.7 Å². The van der Waals surface area contributed by atoms with Crippen molar-refractivity contribution in [2.45, 2.75) is 13.3 Å². The highest BCUT2D eigenvalue weighted by Crippen LogP contribution is 2.28. The smallest absolute Gasteiger partial charge is 0.250 e. The fourth-order valence-corrected chi connectivity index (χ4v) is 3.78. The van der Waals surface area contributed by atoms with Crippen molar-refractivity contribution in [1.29, 1.82) is 5.26 Å². The zero-order valence-electron chi connectivity index (χ0n) is 17.0. The summed E-state index contributed by atoms with van der Waals surface area (Å²) >= 11 is 7.61. The van der Waals surface area contributed by atoms with Crippen LogP contribution in [0.4, 0.5) is 5.13 Å². The highest BCUT2D eigenvalue weighted by molar-refractivity contribution is 7.15. The van der Waals surface area contributed by atoms with Gasteiger partial charge in [-0.2, -0.15) is 5.26 Å². The van der Waals surface area contributed by atoms with Gasteiger partial charge in [-0.3, -0.25) is 10.1 Å². The number of halogens is 1. The lowest BCUT2D eigenvalue weighted by Crippen LogP contribution is -2.07. The predicted molar refractivity (Wildman–Crippen MR) is 123 cm³/mol. The maximum atomic E-state index is 12.3. The normalized spacial score (nSPS) is 10.6. The molecule has 0 aliphatic carbocycles. The van der Waals surface area contributed by atoms with Crippen LogP contribution in [-0.4, -0.2) is 24.6 Å². The van der Waals surface area contributed by atoms with Crippen molar-refractivity contribution in [2.75, 3.05) is 19.0 Å². The van der Waals surface area contributed by atoms with E-state index >= 15 is 0 Å². The molecule has 1 aromatic heterocycles. The number of aromatic nitrogens is 1. The molecular formula is C23H20ClN3O3S. The Morgan fingerprint density at radius 3 is 2.87 bits per heavy atom. The third-order valence-electron chi connectivity index (χ3n) is 4.31. The van der Waals surface area contributed by atoms with Crippen LogP contribution in [0.2, 0.25) is 5.02 Å². The van der Waals surface area contributed by atoms with Crippen molar-refractivity contribution >= 4 is 40.1 Å². The van der Waals surface area contributed by atoms with E-state index in [-0.39, 0.29) is 12.5 Å². The third kappa shape index (κ3) is 6.32. The molecule has 0 fully saturated rings. The predicted octanol–water partition coefficient (Wildman–Crippen LogP) is 5.26. The van der Waals surface area contributed by atoms with Crippen molar-refractivity contribution in [2.24, 2.45) is 0 Å². The lowest BCUT2D eigenvalue weighted by molar-refractivity contribution is -0.111. The second-order valence-corrected chi connectivity index (χ2v) is 8.09. The summed E-state index contributed by atoms with van der Waals surface area (Å²) in [5.74, 6) is 0.664. The van der Waals surface area contributed by atoms with E-state index in [1.165, 1.54) is 24.5 Å².